The summed E-state index contributed by atoms with van der Waals surface area (Å²) in [5, 5.41) is 6.88. The number of hydrogen-bond donors (Lipinski definition) is 1. The van der Waals surface area contributed by atoms with Gasteiger partial charge >= 0.3 is 12.1 Å². The number of anilines is 1. The van der Waals surface area contributed by atoms with E-state index in [9.17, 15) is 22.8 Å². The molecule has 1 unspecified atom stereocenters. The lowest BCUT2D eigenvalue weighted by Gasteiger charge is -2.33. The van der Waals surface area contributed by atoms with Gasteiger partial charge in [-0.2, -0.15) is 18.3 Å². The maximum Gasteiger partial charge on any atom is 0.433 e. The molecule has 0 bridgehead atoms. The highest BCUT2D eigenvalue weighted by atomic mass is 32.1. The van der Waals surface area contributed by atoms with Crippen LogP contribution >= 0.6 is 11.3 Å². The lowest BCUT2D eigenvalue weighted by molar-refractivity contribution is -0.142. The van der Waals surface area contributed by atoms with Crippen molar-refractivity contribution in [1.29, 1.82) is 0 Å². The zero-order chi connectivity index (χ0) is 27.4. The van der Waals surface area contributed by atoms with Crippen molar-refractivity contribution in [2.75, 3.05) is 12.4 Å². The van der Waals surface area contributed by atoms with E-state index in [2.05, 4.69) is 36.2 Å². The predicted octanol–water partition coefficient (Wildman–Crippen LogP) is 6.26. The number of nitrogens with one attached hydrogen (secondary N) is 1. The van der Waals surface area contributed by atoms with Crippen LogP contribution < -0.4 is 5.32 Å². The minimum absolute atomic E-state index is 0.0472. The second-order valence-electron chi connectivity index (χ2n) is 10.3. The molecule has 0 fully saturated rings. The second kappa shape index (κ2) is 9.26. The number of furan rings is 1. The van der Waals surface area contributed by atoms with Crippen molar-refractivity contribution < 1.29 is 31.9 Å². The Balaban J connectivity index is 1.52. The number of fused-ring (bicyclic) bond motifs is 2. The number of hydrogen-bond acceptors (Lipinski definition) is 7. The molecule has 1 N–H and O–H groups in total. The van der Waals surface area contributed by atoms with Crippen LogP contribution in [0.5, 0.6) is 0 Å². The molecule has 38 heavy (non-hydrogen) atoms. The number of nitrogens with zero attached hydrogens (tertiary/aromatic N) is 3. The third kappa shape index (κ3) is 4.68. The Morgan fingerprint density at radius 2 is 2.00 bits per heavy atom. The first-order valence-electron chi connectivity index (χ1n) is 11.9. The van der Waals surface area contributed by atoms with Crippen LogP contribution in [0.4, 0.5) is 18.2 Å². The third-order valence-electron chi connectivity index (χ3n) is 6.83. The second-order valence-corrected chi connectivity index (χ2v) is 11.4. The van der Waals surface area contributed by atoms with Crippen molar-refractivity contribution in [2.24, 2.45) is 11.3 Å². The zero-order valence-electron chi connectivity index (χ0n) is 21.1. The molecule has 200 valence electrons. The van der Waals surface area contributed by atoms with Crippen LogP contribution in [-0.4, -0.2) is 33.6 Å². The molecule has 4 aromatic heterocycles. The molecule has 8 nitrogen and oxygen atoms in total. The van der Waals surface area contributed by atoms with Gasteiger partial charge in [0.15, 0.2) is 22.8 Å². The molecule has 0 aromatic carbocycles. The van der Waals surface area contributed by atoms with Crippen molar-refractivity contribution in [1.82, 2.24) is 14.6 Å². The Morgan fingerprint density at radius 3 is 2.63 bits per heavy atom. The summed E-state index contributed by atoms with van der Waals surface area (Å²) in [5.41, 5.74) is -0.414. The van der Waals surface area contributed by atoms with Crippen molar-refractivity contribution in [3.63, 3.8) is 0 Å². The first-order valence-corrected chi connectivity index (χ1v) is 12.7. The molecule has 0 saturated heterocycles. The average molecular weight is 547 g/mol. The van der Waals surface area contributed by atoms with Gasteiger partial charge in [-0.25, -0.2) is 14.3 Å². The fourth-order valence-electron chi connectivity index (χ4n) is 4.74. The van der Waals surface area contributed by atoms with Gasteiger partial charge in [0.2, 0.25) is 0 Å². The van der Waals surface area contributed by atoms with Gasteiger partial charge in [-0.3, -0.25) is 4.79 Å². The predicted molar refractivity (Wildman–Crippen MR) is 134 cm³/mol. The summed E-state index contributed by atoms with van der Waals surface area (Å²) in [6, 6.07) is 5.00. The molecule has 0 aliphatic heterocycles. The largest absolute Gasteiger partial charge is 0.465 e. The minimum atomic E-state index is -4.77. The molecule has 0 spiro atoms. The van der Waals surface area contributed by atoms with Crippen LogP contribution in [0.25, 0.3) is 17.1 Å². The SMILES string of the molecule is COC(=O)c1c(NC(=O)c2cc3nc(-c4ccco4)cc(C(F)(F)F)n3n2)sc2c1CCC(C(C)(C)C)C2. The van der Waals surface area contributed by atoms with Crippen molar-refractivity contribution in [2.45, 2.75) is 46.2 Å². The minimum Gasteiger partial charge on any atom is -0.465 e. The summed E-state index contributed by atoms with van der Waals surface area (Å²) in [6.45, 7) is 6.51. The molecule has 1 aliphatic rings. The number of carbonyl (C=O) groups excluding carboxylic acids is 2. The summed E-state index contributed by atoms with van der Waals surface area (Å²) in [7, 11) is 1.27. The molecule has 4 aromatic rings. The molecular weight excluding hydrogens is 521 g/mol. The fourth-order valence-corrected chi connectivity index (χ4v) is 6.05. The smallest absolute Gasteiger partial charge is 0.433 e. The maximum absolute atomic E-state index is 13.9. The molecular formula is C26H25F3N4O4S. The lowest BCUT2D eigenvalue weighted by atomic mass is 9.72. The van der Waals surface area contributed by atoms with E-state index < -0.39 is 23.7 Å². The first kappa shape index (κ1) is 26.0. The van der Waals surface area contributed by atoms with Crippen LogP contribution in [0.3, 0.4) is 0 Å². The topological polar surface area (TPSA) is 98.7 Å². The van der Waals surface area contributed by atoms with E-state index in [4.69, 9.17) is 9.15 Å². The van der Waals surface area contributed by atoms with E-state index in [0.717, 1.165) is 35.4 Å². The van der Waals surface area contributed by atoms with Gasteiger partial charge in [0.05, 0.1) is 18.9 Å². The van der Waals surface area contributed by atoms with E-state index in [1.165, 1.54) is 36.8 Å². The van der Waals surface area contributed by atoms with Crippen molar-refractivity contribution >= 4 is 33.9 Å². The van der Waals surface area contributed by atoms with Crippen LogP contribution in [-0.2, 0) is 23.8 Å². The quantitative estimate of drug-likeness (QED) is 0.304. The van der Waals surface area contributed by atoms with Gasteiger partial charge in [-0.05, 0) is 54.4 Å². The van der Waals surface area contributed by atoms with Crippen LogP contribution in [0.2, 0.25) is 0 Å². The molecule has 4 heterocycles. The number of halogens is 3. The normalized spacial score (nSPS) is 15.9. The van der Waals surface area contributed by atoms with Gasteiger partial charge in [-0.1, -0.05) is 20.8 Å². The molecule has 1 atom stereocenters. The van der Waals surface area contributed by atoms with E-state index in [1.807, 2.05) is 0 Å². The molecule has 1 aliphatic carbocycles. The number of thiophene rings is 1. The van der Waals surface area contributed by atoms with Crippen molar-refractivity contribution in [3.8, 4) is 11.5 Å². The molecule has 0 saturated carbocycles. The summed E-state index contributed by atoms with van der Waals surface area (Å²) in [4.78, 5) is 31.1. The number of alkyl halides is 3. The van der Waals surface area contributed by atoms with E-state index in [-0.39, 0.29) is 33.8 Å². The van der Waals surface area contributed by atoms with E-state index >= 15 is 0 Å². The van der Waals surface area contributed by atoms with Gasteiger partial charge < -0.3 is 14.5 Å². The van der Waals surface area contributed by atoms with E-state index in [0.29, 0.717) is 21.9 Å². The number of rotatable bonds is 4. The van der Waals surface area contributed by atoms with Crippen molar-refractivity contribution in [3.05, 3.63) is 57.9 Å². The van der Waals surface area contributed by atoms with E-state index in [1.54, 1.807) is 0 Å². The third-order valence-corrected chi connectivity index (χ3v) is 8.00. The fraction of sp³-hybridized carbons (Fsp3) is 0.385. The number of aromatic nitrogens is 3. The monoisotopic (exact) mass is 546 g/mol. The standard InChI is InChI=1S/C26H25F3N4O4S/c1-25(2,3)13-7-8-14-18(10-13)38-23(21(14)24(35)36-4)31-22(34)16-12-20-30-15(17-6-5-9-37-17)11-19(26(27,28)29)33(20)32-16/h5-6,9,11-13H,7-8,10H2,1-4H3,(H,31,34). The highest BCUT2D eigenvalue weighted by Crippen LogP contribution is 2.44. The molecule has 0 radical (unpaired) electrons. The number of carbonyl (C=O) groups is 2. The summed E-state index contributed by atoms with van der Waals surface area (Å²) in [5.74, 6) is -0.799. The Labute approximate surface area is 219 Å². The Morgan fingerprint density at radius 1 is 1.24 bits per heavy atom. The van der Waals surface area contributed by atoms with Crippen LogP contribution in [0.15, 0.2) is 34.9 Å². The van der Waals surface area contributed by atoms with Crippen LogP contribution in [0.1, 0.15) is 64.2 Å². The summed E-state index contributed by atoms with van der Waals surface area (Å²) in [6.07, 6.45) is -1.13. The zero-order valence-corrected chi connectivity index (χ0v) is 21.9. The lowest BCUT2D eigenvalue weighted by Crippen LogP contribution is -2.26. The van der Waals surface area contributed by atoms with Gasteiger partial charge in [-0.15, -0.1) is 11.3 Å². The van der Waals surface area contributed by atoms with Gasteiger partial charge in [0.1, 0.15) is 10.7 Å². The number of amides is 1. The molecule has 5 rings (SSSR count). The maximum atomic E-state index is 13.9. The Bertz CT molecular complexity index is 1530. The molecule has 12 heteroatoms. The first-order chi connectivity index (χ1) is 17.9. The summed E-state index contributed by atoms with van der Waals surface area (Å²) >= 11 is 1.29. The van der Waals surface area contributed by atoms with Crippen LogP contribution in [0, 0.1) is 11.3 Å². The Kier molecular flexibility index (Phi) is 6.33. The number of esters is 1. The highest BCUT2D eigenvalue weighted by Gasteiger charge is 2.37. The average Bonchev–Trinajstić information content (AvgIpc) is 3.59. The number of ether oxygens (including phenoxy) is 1. The summed E-state index contributed by atoms with van der Waals surface area (Å²) < 4.78 is 52.3. The molecule has 1 amide bonds. The Hall–Kier alpha value is -3.67. The van der Waals surface area contributed by atoms with Gasteiger partial charge in [0.25, 0.3) is 5.91 Å². The highest BCUT2D eigenvalue weighted by molar-refractivity contribution is 7.17. The van der Waals surface area contributed by atoms with Gasteiger partial charge in [0, 0.05) is 10.9 Å². The number of methoxy groups -OCH3 is 1.